The van der Waals surface area contributed by atoms with Crippen molar-refractivity contribution >= 4 is 23.4 Å². The number of rotatable bonds is 6. The largest absolute Gasteiger partial charge is 0.639 e. The zero-order valence-corrected chi connectivity index (χ0v) is 22.7. The molecular formula is C28H2BF19O2. The highest BCUT2D eigenvalue weighted by atomic mass is 19.2. The van der Waals surface area contributed by atoms with Crippen LogP contribution in [-0.4, -0.2) is 7.12 Å². The average molecular weight is 742 g/mol. The minimum atomic E-state index is -4.02. The van der Waals surface area contributed by atoms with Crippen molar-refractivity contribution in [3.8, 4) is 22.6 Å². The molecular weight excluding hydrogens is 740 g/mol. The first kappa shape index (κ1) is 36.0. The molecule has 0 heterocycles. The fourth-order valence-electron chi connectivity index (χ4n) is 4.45. The lowest BCUT2D eigenvalue weighted by molar-refractivity contribution is 0.354. The van der Waals surface area contributed by atoms with E-state index in [-0.39, 0.29) is 12.1 Å². The highest BCUT2D eigenvalue weighted by molar-refractivity contribution is 6.63. The van der Waals surface area contributed by atoms with Gasteiger partial charge in [0.25, 0.3) is 0 Å². The molecule has 0 radical (unpaired) electrons. The number of hydrogen-bond donors (Lipinski definition) is 0. The third kappa shape index (κ3) is 5.18. The summed E-state index contributed by atoms with van der Waals surface area (Å²) in [5.41, 5.74) is -8.10. The zero-order valence-electron chi connectivity index (χ0n) is 22.7. The molecule has 0 aliphatic heterocycles. The molecule has 0 aromatic heterocycles. The lowest BCUT2D eigenvalue weighted by Gasteiger charge is -2.23. The van der Waals surface area contributed by atoms with Gasteiger partial charge in [-0.25, -0.2) is 74.6 Å². The lowest BCUT2D eigenvalue weighted by Crippen LogP contribution is -2.48. The Morgan fingerprint density at radius 1 is 0.320 bits per heavy atom. The van der Waals surface area contributed by atoms with Gasteiger partial charge >= 0.3 is 7.12 Å². The van der Waals surface area contributed by atoms with Crippen LogP contribution in [0.1, 0.15) is 0 Å². The van der Waals surface area contributed by atoms with Gasteiger partial charge in [-0.15, -0.1) is 0 Å². The molecule has 0 amide bonds. The number of benzene rings is 5. The first-order valence-corrected chi connectivity index (χ1v) is 12.4. The maximum atomic E-state index is 15.2. The van der Waals surface area contributed by atoms with Crippen LogP contribution in [0.15, 0.2) is 12.1 Å². The Morgan fingerprint density at radius 3 is 1.18 bits per heavy atom. The Kier molecular flexibility index (Phi) is 9.03. The molecule has 0 aliphatic rings. The van der Waals surface area contributed by atoms with Crippen molar-refractivity contribution in [3.05, 3.63) is 123 Å². The minimum absolute atomic E-state index is 0.0290. The van der Waals surface area contributed by atoms with E-state index in [0.717, 1.165) is 0 Å². The van der Waals surface area contributed by atoms with Crippen molar-refractivity contribution in [1.82, 2.24) is 0 Å². The quantitative estimate of drug-likeness (QED) is 0.0749. The number of hydrogen-bond acceptors (Lipinski definition) is 2. The van der Waals surface area contributed by atoms with Gasteiger partial charge in [0.05, 0.1) is 22.0 Å². The maximum absolute atomic E-state index is 15.2. The fourth-order valence-corrected chi connectivity index (χ4v) is 4.45. The van der Waals surface area contributed by atoms with Crippen LogP contribution in [0.2, 0.25) is 0 Å². The predicted molar refractivity (Wildman–Crippen MR) is 128 cm³/mol. The molecule has 2 nitrogen and oxygen atoms in total. The van der Waals surface area contributed by atoms with E-state index in [1.54, 1.807) is 0 Å². The van der Waals surface area contributed by atoms with Crippen molar-refractivity contribution in [2.45, 2.75) is 0 Å². The third-order valence-corrected chi connectivity index (χ3v) is 6.76. The molecule has 0 unspecified atom stereocenters. The van der Waals surface area contributed by atoms with Gasteiger partial charge in [-0.05, 0) is 12.1 Å². The Hall–Kier alpha value is -5.31. The summed E-state index contributed by atoms with van der Waals surface area (Å²) in [6.07, 6.45) is 0. The summed E-state index contributed by atoms with van der Waals surface area (Å²) in [6.45, 7) is 0. The summed E-state index contributed by atoms with van der Waals surface area (Å²) in [5.74, 6) is -60.4. The van der Waals surface area contributed by atoms with Gasteiger partial charge in [-0.1, -0.05) is 0 Å². The van der Waals surface area contributed by atoms with Gasteiger partial charge in [0.15, 0.2) is 93.0 Å². The molecule has 5 aromatic rings. The van der Waals surface area contributed by atoms with Crippen molar-refractivity contribution in [3.63, 3.8) is 0 Å². The molecule has 262 valence electrons. The molecule has 0 bridgehead atoms. The molecule has 0 N–H and O–H groups in total. The monoisotopic (exact) mass is 742 g/mol. The average Bonchev–Trinajstić information content (AvgIpc) is 3.09. The maximum Gasteiger partial charge on any atom is 0.639 e. The Morgan fingerprint density at radius 2 is 0.680 bits per heavy atom. The highest BCUT2D eigenvalue weighted by Crippen LogP contribution is 2.43. The van der Waals surface area contributed by atoms with Crippen molar-refractivity contribution in [1.29, 1.82) is 0 Å². The molecule has 0 aliphatic carbocycles. The summed E-state index contributed by atoms with van der Waals surface area (Å²) in [4.78, 5) is 0. The van der Waals surface area contributed by atoms with Crippen molar-refractivity contribution < 1.29 is 92.7 Å². The molecule has 5 aromatic carbocycles. The van der Waals surface area contributed by atoms with E-state index in [2.05, 4.69) is 9.31 Å². The molecule has 0 saturated carbocycles. The first-order valence-electron chi connectivity index (χ1n) is 12.4. The summed E-state index contributed by atoms with van der Waals surface area (Å²) < 4.78 is 283. The van der Waals surface area contributed by atoms with Crippen LogP contribution in [-0.2, 0) is 0 Å². The zero-order chi connectivity index (χ0) is 37.4. The molecule has 5 rings (SSSR count). The van der Waals surface area contributed by atoms with E-state index in [9.17, 15) is 70.2 Å². The predicted octanol–water partition coefficient (Wildman–Crippen LogP) is 9.00. The van der Waals surface area contributed by atoms with E-state index in [1.165, 1.54) is 0 Å². The summed E-state index contributed by atoms with van der Waals surface area (Å²) >= 11 is 0. The normalized spacial score (nSPS) is 11.5. The van der Waals surface area contributed by atoms with E-state index < -0.39 is 157 Å². The molecule has 0 saturated heterocycles. The highest BCUT2D eigenvalue weighted by Gasteiger charge is 2.44. The van der Waals surface area contributed by atoms with Gasteiger partial charge < -0.3 is 9.31 Å². The van der Waals surface area contributed by atoms with E-state index in [1.807, 2.05) is 0 Å². The van der Waals surface area contributed by atoms with Gasteiger partial charge in [0, 0.05) is 5.39 Å². The van der Waals surface area contributed by atoms with Crippen molar-refractivity contribution in [2.24, 2.45) is 0 Å². The smallest absolute Gasteiger partial charge is 0.519 e. The van der Waals surface area contributed by atoms with Crippen LogP contribution in [0.5, 0.6) is 11.5 Å². The Balaban J connectivity index is 1.91. The summed E-state index contributed by atoms with van der Waals surface area (Å²) in [6, 6.07) is 0.156. The lowest BCUT2D eigenvalue weighted by atomic mass is 9.76. The second-order valence-electron chi connectivity index (χ2n) is 9.51. The second kappa shape index (κ2) is 12.5. The molecule has 0 atom stereocenters. The van der Waals surface area contributed by atoms with E-state index in [0.29, 0.717) is 0 Å². The number of halogens is 19. The van der Waals surface area contributed by atoms with E-state index >= 15 is 13.2 Å². The van der Waals surface area contributed by atoms with Crippen molar-refractivity contribution in [2.75, 3.05) is 0 Å². The van der Waals surface area contributed by atoms with Crippen LogP contribution in [0.3, 0.4) is 0 Å². The second-order valence-corrected chi connectivity index (χ2v) is 9.51. The SMILES string of the molecule is Fc1ccc2c(OB(Oc3c(F)c(F)c(F)c(F)c3-c3c(F)c(F)c(F)c(F)c3F)c3c(F)c(F)c(F)c(F)c3F)c(F)c(F)c(F)c2c1F. The standard InChI is InChI=1S/C28H2BF19O2/c30-4-2-1-3-5(9(4)31)10(32)19(41)25(47)27(3)49-29(8-14(36)20(42)23(45)21(43)15(8)37)50-28-7(13(35)18(40)24(46)26(28)48)6-11(33)16(38)22(44)17(39)12(6)34/h1-2H. The Bertz CT molecular complexity index is 2240. The van der Waals surface area contributed by atoms with Gasteiger partial charge in [0.2, 0.25) is 23.3 Å². The molecule has 22 heteroatoms. The topological polar surface area (TPSA) is 18.5 Å². The summed E-state index contributed by atoms with van der Waals surface area (Å²) in [5, 5.41) is -3.43. The Labute approximate surface area is 262 Å². The van der Waals surface area contributed by atoms with E-state index in [4.69, 9.17) is 0 Å². The van der Waals surface area contributed by atoms with Crippen LogP contribution in [0.25, 0.3) is 21.9 Å². The molecule has 0 fully saturated rings. The molecule has 0 spiro atoms. The van der Waals surface area contributed by atoms with Crippen LogP contribution >= 0.6 is 0 Å². The summed E-state index contributed by atoms with van der Waals surface area (Å²) in [7, 11) is -4.02. The van der Waals surface area contributed by atoms with Gasteiger partial charge in [-0.3, -0.25) is 0 Å². The molecule has 50 heavy (non-hydrogen) atoms. The fraction of sp³-hybridized carbons (Fsp3) is 0. The minimum Gasteiger partial charge on any atom is -0.519 e. The third-order valence-electron chi connectivity index (χ3n) is 6.76. The first-order chi connectivity index (χ1) is 23.3. The number of fused-ring (bicyclic) bond motifs is 1. The van der Waals surface area contributed by atoms with Crippen LogP contribution < -0.4 is 14.8 Å². The van der Waals surface area contributed by atoms with Crippen LogP contribution in [0.4, 0.5) is 83.4 Å². The van der Waals surface area contributed by atoms with Crippen LogP contribution in [0, 0.1) is 111 Å². The van der Waals surface area contributed by atoms with Gasteiger partial charge in [0.1, 0.15) is 5.75 Å². The van der Waals surface area contributed by atoms with Gasteiger partial charge in [-0.2, -0.15) is 8.78 Å².